The minimum atomic E-state index is -0.417. The number of nitrogens with two attached hydrogens (primary N) is 1. The first kappa shape index (κ1) is 12.5. The van der Waals surface area contributed by atoms with Gasteiger partial charge >= 0.3 is 0 Å². The van der Waals surface area contributed by atoms with Crippen molar-refractivity contribution in [3.63, 3.8) is 0 Å². The molecule has 0 saturated carbocycles. The molecule has 1 unspecified atom stereocenters. The molecule has 84 valence electrons. The van der Waals surface area contributed by atoms with Crippen molar-refractivity contribution >= 4 is 15.9 Å². The number of aliphatic hydroxyl groups excluding tert-OH is 1. The topological polar surface area (TPSA) is 55.5 Å². The standard InChI is InChI=1S/C11H16BrNO2/c1-2-10(14)7-15-11-4-3-9(12)5-8(11)6-13/h3-5,10,14H,2,6-7,13H2,1H3. The fourth-order valence-corrected chi connectivity index (χ4v) is 1.56. The highest BCUT2D eigenvalue weighted by Crippen LogP contribution is 2.22. The van der Waals surface area contributed by atoms with Crippen LogP contribution in [-0.2, 0) is 6.54 Å². The van der Waals surface area contributed by atoms with Crippen LogP contribution < -0.4 is 10.5 Å². The van der Waals surface area contributed by atoms with Gasteiger partial charge in [0, 0.05) is 16.6 Å². The maximum Gasteiger partial charge on any atom is 0.123 e. The second kappa shape index (κ2) is 6.10. The lowest BCUT2D eigenvalue weighted by Gasteiger charge is -2.13. The van der Waals surface area contributed by atoms with Gasteiger partial charge in [-0.3, -0.25) is 0 Å². The number of benzene rings is 1. The molecule has 4 heteroatoms. The Hall–Kier alpha value is -0.580. The van der Waals surface area contributed by atoms with E-state index in [9.17, 15) is 5.11 Å². The SMILES string of the molecule is CCC(O)COc1ccc(Br)cc1CN. The van der Waals surface area contributed by atoms with Gasteiger partial charge in [-0.15, -0.1) is 0 Å². The van der Waals surface area contributed by atoms with Crippen molar-refractivity contribution < 1.29 is 9.84 Å². The molecule has 0 heterocycles. The van der Waals surface area contributed by atoms with Crippen molar-refractivity contribution in [1.29, 1.82) is 0 Å². The van der Waals surface area contributed by atoms with Crippen molar-refractivity contribution in [2.45, 2.75) is 26.0 Å². The second-order valence-electron chi connectivity index (χ2n) is 3.33. The van der Waals surface area contributed by atoms with Crippen molar-refractivity contribution in [3.8, 4) is 5.75 Å². The van der Waals surface area contributed by atoms with Gasteiger partial charge in [0.2, 0.25) is 0 Å². The zero-order valence-electron chi connectivity index (χ0n) is 8.74. The van der Waals surface area contributed by atoms with Gasteiger partial charge in [0.05, 0.1) is 6.10 Å². The molecule has 0 saturated heterocycles. The third-order valence-corrected chi connectivity index (χ3v) is 2.64. The summed E-state index contributed by atoms with van der Waals surface area (Å²) < 4.78 is 6.46. The van der Waals surface area contributed by atoms with Crippen LogP contribution in [0.3, 0.4) is 0 Å². The Kier molecular flexibility index (Phi) is 5.08. The molecule has 0 aromatic heterocycles. The molecule has 0 radical (unpaired) electrons. The summed E-state index contributed by atoms with van der Waals surface area (Å²) in [5, 5.41) is 9.37. The van der Waals surface area contributed by atoms with E-state index in [1.165, 1.54) is 0 Å². The van der Waals surface area contributed by atoms with Crippen LogP contribution >= 0.6 is 15.9 Å². The van der Waals surface area contributed by atoms with E-state index in [-0.39, 0.29) is 0 Å². The van der Waals surface area contributed by atoms with Crippen LogP contribution in [0.2, 0.25) is 0 Å². The van der Waals surface area contributed by atoms with Gasteiger partial charge in [0.1, 0.15) is 12.4 Å². The molecule has 0 aliphatic heterocycles. The largest absolute Gasteiger partial charge is 0.491 e. The van der Waals surface area contributed by atoms with Crippen LogP contribution in [0.5, 0.6) is 5.75 Å². The van der Waals surface area contributed by atoms with Gasteiger partial charge < -0.3 is 15.6 Å². The fraction of sp³-hybridized carbons (Fsp3) is 0.455. The summed E-state index contributed by atoms with van der Waals surface area (Å²) in [5.74, 6) is 0.744. The number of hydrogen-bond acceptors (Lipinski definition) is 3. The van der Waals surface area contributed by atoms with E-state index >= 15 is 0 Å². The first-order valence-electron chi connectivity index (χ1n) is 4.96. The summed E-state index contributed by atoms with van der Waals surface area (Å²) in [6.07, 6.45) is 0.272. The van der Waals surface area contributed by atoms with Crippen molar-refractivity contribution in [2.75, 3.05) is 6.61 Å². The van der Waals surface area contributed by atoms with E-state index in [0.29, 0.717) is 19.6 Å². The number of aliphatic hydroxyl groups is 1. The minimum absolute atomic E-state index is 0.311. The highest BCUT2D eigenvalue weighted by Gasteiger charge is 2.06. The van der Waals surface area contributed by atoms with Crippen LogP contribution in [-0.4, -0.2) is 17.8 Å². The predicted octanol–water partition coefficient (Wildman–Crippen LogP) is 2.06. The van der Waals surface area contributed by atoms with Crippen molar-refractivity contribution in [3.05, 3.63) is 28.2 Å². The highest BCUT2D eigenvalue weighted by atomic mass is 79.9. The molecule has 1 aromatic rings. The third-order valence-electron chi connectivity index (χ3n) is 2.14. The van der Waals surface area contributed by atoms with Crippen molar-refractivity contribution in [2.24, 2.45) is 5.73 Å². The van der Waals surface area contributed by atoms with Gasteiger partial charge in [-0.05, 0) is 24.6 Å². The average molecular weight is 274 g/mol. The Balaban J connectivity index is 2.67. The second-order valence-corrected chi connectivity index (χ2v) is 4.24. The summed E-state index contributed by atoms with van der Waals surface area (Å²) in [6, 6.07) is 5.68. The number of hydrogen-bond donors (Lipinski definition) is 2. The predicted molar refractivity (Wildman–Crippen MR) is 63.8 cm³/mol. The number of rotatable bonds is 5. The monoisotopic (exact) mass is 273 g/mol. The van der Waals surface area contributed by atoms with Crippen LogP contribution in [0, 0.1) is 0 Å². The third kappa shape index (κ3) is 3.81. The lowest BCUT2D eigenvalue weighted by molar-refractivity contribution is 0.104. The quantitative estimate of drug-likeness (QED) is 0.864. The van der Waals surface area contributed by atoms with Crippen LogP contribution in [0.4, 0.5) is 0 Å². The molecule has 0 fully saturated rings. The summed E-state index contributed by atoms with van der Waals surface area (Å²) in [6.45, 7) is 2.65. The Morgan fingerprint density at radius 2 is 2.27 bits per heavy atom. The number of halogens is 1. The Bertz CT molecular complexity index is 317. The van der Waals surface area contributed by atoms with E-state index in [0.717, 1.165) is 15.8 Å². The molecule has 3 N–H and O–H groups in total. The first-order chi connectivity index (χ1) is 7.17. The number of ether oxygens (including phenoxy) is 1. The van der Waals surface area contributed by atoms with E-state index in [4.69, 9.17) is 10.5 Å². The molecule has 0 aliphatic rings. The molecule has 1 atom stereocenters. The molecular weight excluding hydrogens is 258 g/mol. The maximum atomic E-state index is 9.37. The van der Waals surface area contributed by atoms with Gasteiger partial charge in [-0.1, -0.05) is 22.9 Å². The molecule has 3 nitrogen and oxygen atoms in total. The van der Waals surface area contributed by atoms with E-state index in [2.05, 4.69) is 15.9 Å². The summed E-state index contributed by atoms with van der Waals surface area (Å²) in [5.41, 5.74) is 6.53. The lowest BCUT2D eigenvalue weighted by atomic mass is 10.2. The zero-order chi connectivity index (χ0) is 11.3. The average Bonchev–Trinajstić information content (AvgIpc) is 2.26. The molecule has 0 bridgehead atoms. The Morgan fingerprint density at radius 1 is 1.53 bits per heavy atom. The van der Waals surface area contributed by atoms with Crippen LogP contribution in [0.1, 0.15) is 18.9 Å². The normalized spacial score (nSPS) is 12.5. The van der Waals surface area contributed by atoms with Gasteiger partial charge in [0.25, 0.3) is 0 Å². The molecule has 0 aliphatic carbocycles. The minimum Gasteiger partial charge on any atom is -0.491 e. The van der Waals surface area contributed by atoms with E-state index < -0.39 is 6.10 Å². The van der Waals surface area contributed by atoms with Crippen LogP contribution in [0.15, 0.2) is 22.7 Å². The highest BCUT2D eigenvalue weighted by molar-refractivity contribution is 9.10. The Morgan fingerprint density at radius 3 is 2.87 bits per heavy atom. The zero-order valence-corrected chi connectivity index (χ0v) is 10.3. The molecule has 0 amide bonds. The molecule has 15 heavy (non-hydrogen) atoms. The summed E-state index contributed by atoms with van der Waals surface area (Å²) in [4.78, 5) is 0. The lowest BCUT2D eigenvalue weighted by Crippen LogP contribution is -2.17. The molecule has 1 aromatic carbocycles. The maximum absolute atomic E-state index is 9.37. The molecule has 0 spiro atoms. The van der Waals surface area contributed by atoms with Crippen LogP contribution in [0.25, 0.3) is 0 Å². The summed E-state index contributed by atoms with van der Waals surface area (Å²) in [7, 11) is 0. The van der Waals surface area contributed by atoms with Gasteiger partial charge in [-0.2, -0.15) is 0 Å². The first-order valence-corrected chi connectivity index (χ1v) is 5.76. The fourth-order valence-electron chi connectivity index (χ4n) is 1.15. The van der Waals surface area contributed by atoms with Gasteiger partial charge in [-0.25, -0.2) is 0 Å². The van der Waals surface area contributed by atoms with E-state index in [1.807, 2.05) is 25.1 Å². The summed E-state index contributed by atoms with van der Waals surface area (Å²) >= 11 is 3.37. The van der Waals surface area contributed by atoms with Gasteiger partial charge in [0.15, 0.2) is 0 Å². The molecule has 1 rings (SSSR count). The van der Waals surface area contributed by atoms with E-state index in [1.54, 1.807) is 0 Å². The van der Waals surface area contributed by atoms with Crippen molar-refractivity contribution in [1.82, 2.24) is 0 Å². The smallest absolute Gasteiger partial charge is 0.123 e. The molecular formula is C11H16BrNO2. The Labute approximate surface area is 98.4 Å².